The smallest absolute Gasteiger partial charge is 0.152 e. The van der Waals surface area contributed by atoms with Crippen molar-refractivity contribution in [2.75, 3.05) is 0 Å². The molecule has 0 saturated carbocycles. The van der Waals surface area contributed by atoms with Crippen LogP contribution in [0.25, 0.3) is 21.7 Å². The first-order chi connectivity index (χ1) is 7.29. The van der Waals surface area contributed by atoms with Gasteiger partial charge in [-0.1, -0.05) is 24.3 Å². The van der Waals surface area contributed by atoms with E-state index in [0.29, 0.717) is 5.58 Å². The highest BCUT2D eigenvalue weighted by atomic mass is 79.9. The molecule has 74 valence electrons. The predicted octanol–water partition coefficient (Wildman–Crippen LogP) is 4.05. The minimum Gasteiger partial charge on any atom is -0.507 e. The van der Waals surface area contributed by atoms with Crippen molar-refractivity contribution >= 4 is 37.7 Å². The van der Waals surface area contributed by atoms with Gasteiger partial charge >= 0.3 is 0 Å². The molecule has 3 rings (SSSR count). The number of hydrogen-bond acceptors (Lipinski definition) is 2. The summed E-state index contributed by atoms with van der Waals surface area (Å²) in [4.78, 5) is 0. The zero-order chi connectivity index (χ0) is 10.4. The van der Waals surface area contributed by atoms with Gasteiger partial charge in [-0.05, 0) is 22.0 Å². The number of fused-ring (bicyclic) bond motifs is 2. The maximum atomic E-state index is 10.0. The number of furan rings is 1. The molecule has 3 aromatic rings. The van der Waals surface area contributed by atoms with Gasteiger partial charge in [-0.25, -0.2) is 0 Å². The Morgan fingerprint density at radius 3 is 2.53 bits per heavy atom. The minimum absolute atomic E-state index is 0.276. The van der Waals surface area contributed by atoms with Crippen LogP contribution in [0.15, 0.2) is 45.5 Å². The van der Waals surface area contributed by atoms with Gasteiger partial charge in [0.05, 0.1) is 16.1 Å². The lowest BCUT2D eigenvalue weighted by Gasteiger charge is -2.04. The van der Waals surface area contributed by atoms with E-state index in [4.69, 9.17) is 4.42 Å². The SMILES string of the molecule is Oc1c2ccccc2c(Br)c2occc12. The van der Waals surface area contributed by atoms with E-state index < -0.39 is 0 Å². The molecule has 0 amide bonds. The molecule has 3 heteroatoms. The van der Waals surface area contributed by atoms with E-state index in [1.165, 1.54) is 0 Å². The third-order valence-electron chi connectivity index (χ3n) is 2.54. The van der Waals surface area contributed by atoms with Crippen LogP contribution in [0.2, 0.25) is 0 Å². The van der Waals surface area contributed by atoms with E-state index in [-0.39, 0.29) is 5.75 Å². The molecule has 15 heavy (non-hydrogen) atoms. The lowest BCUT2D eigenvalue weighted by Crippen LogP contribution is -1.77. The van der Waals surface area contributed by atoms with Gasteiger partial charge in [-0.2, -0.15) is 0 Å². The maximum absolute atomic E-state index is 10.0. The molecule has 0 aliphatic rings. The second-order valence-corrected chi connectivity index (χ2v) is 4.16. The molecule has 0 aliphatic heterocycles. The van der Waals surface area contributed by atoms with Gasteiger partial charge in [0.2, 0.25) is 0 Å². The van der Waals surface area contributed by atoms with Crippen LogP contribution in [-0.4, -0.2) is 5.11 Å². The van der Waals surface area contributed by atoms with Crippen molar-refractivity contribution < 1.29 is 9.52 Å². The fraction of sp³-hybridized carbons (Fsp3) is 0. The molecule has 0 aliphatic carbocycles. The van der Waals surface area contributed by atoms with E-state index >= 15 is 0 Å². The Labute approximate surface area is 94.3 Å². The van der Waals surface area contributed by atoms with Crippen molar-refractivity contribution in [1.82, 2.24) is 0 Å². The average molecular weight is 263 g/mol. The first kappa shape index (κ1) is 8.80. The molecule has 1 N–H and O–H groups in total. The second-order valence-electron chi connectivity index (χ2n) is 3.37. The number of phenols is 1. The van der Waals surface area contributed by atoms with Crippen LogP contribution in [-0.2, 0) is 0 Å². The summed E-state index contributed by atoms with van der Waals surface area (Å²) in [6, 6.07) is 9.44. The molecule has 0 atom stereocenters. The topological polar surface area (TPSA) is 33.4 Å². The maximum Gasteiger partial charge on any atom is 0.152 e. The second kappa shape index (κ2) is 3.00. The Balaban J connectivity index is 2.69. The van der Waals surface area contributed by atoms with Gasteiger partial charge in [0.1, 0.15) is 5.75 Å². The lowest BCUT2D eigenvalue weighted by atomic mass is 10.1. The number of aromatic hydroxyl groups is 1. The summed E-state index contributed by atoms with van der Waals surface area (Å²) in [5.41, 5.74) is 0.686. The molecule has 0 fully saturated rings. The number of phenolic OH excluding ortho intramolecular Hbond substituents is 1. The zero-order valence-electron chi connectivity index (χ0n) is 7.70. The Kier molecular flexibility index (Phi) is 1.76. The number of hydrogen-bond donors (Lipinski definition) is 1. The summed E-state index contributed by atoms with van der Waals surface area (Å²) >= 11 is 3.49. The zero-order valence-corrected chi connectivity index (χ0v) is 9.28. The van der Waals surface area contributed by atoms with Crippen LogP contribution in [0.4, 0.5) is 0 Å². The molecule has 0 spiro atoms. The number of halogens is 1. The highest BCUT2D eigenvalue weighted by Crippen LogP contribution is 2.40. The van der Waals surface area contributed by atoms with E-state index in [0.717, 1.165) is 20.6 Å². The van der Waals surface area contributed by atoms with Gasteiger partial charge in [0.25, 0.3) is 0 Å². The van der Waals surface area contributed by atoms with Gasteiger partial charge in [-0.15, -0.1) is 0 Å². The Morgan fingerprint density at radius 1 is 1.00 bits per heavy atom. The normalized spacial score (nSPS) is 11.3. The summed E-state index contributed by atoms with van der Waals surface area (Å²) < 4.78 is 6.22. The van der Waals surface area contributed by atoms with Crippen LogP contribution < -0.4 is 0 Å². The van der Waals surface area contributed by atoms with Crippen LogP contribution in [0, 0.1) is 0 Å². The largest absolute Gasteiger partial charge is 0.507 e. The van der Waals surface area contributed by atoms with Gasteiger partial charge < -0.3 is 9.52 Å². The first-order valence-corrected chi connectivity index (χ1v) is 5.34. The monoisotopic (exact) mass is 262 g/mol. The highest BCUT2D eigenvalue weighted by Gasteiger charge is 2.12. The van der Waals surface area contributed by atoms with E-state index in [1.807, 2.05) is 24.3 Å². The summed E-state index contributed by atoms with van der Waals surface area (Å²) in [5, 5.41) is 12.6. The molecular formula is C12H7BrO2. The third kappa shape index (κ3) is 1.10. The van der Waals surface area contributed by atoms with Crippen LogP contribution in [0.3, 0.4) is 0 Å². The van der Waals surface area contributed by atoms with Crippen molar-refractivity contribution in [1.29, 1.82) is 0 Å². The summed E-state index contributed by atoms with van der Waals surface area (Å²) in [6.07, 6.45) is 1.58. The Bertz CT molecular complexity index is 600. The van der Waals surface area contributed by atoms with Gasteiger partial charge in [0.15, 0.2) is 5.58 Å². The third-order valence-corrected chi connectivity index (χ3v) is 3.33. The van der Waals surface area contributed by atoms with Crippen LogP contribution in [0.5, 0.6) is 5.75 Å². The quantitative estimate of drug-likeness (QED) is 0.663. The van der Waals surface area contributed by atoms with E-state index in [2.05, 4.69) is 15.9 Å². The van der Waals surface area contributed by atoms with Gasteiger partial charge in [-0.3, -0.25) is 0 Å². The highest BCUT2D eigenvalue weighted by molar-refractivity contribution is 9.10. The Hall–Kier alpha value is -1.48. The molecule has 0 radical (unpaired) electrons. The molecule has 2 nitrogen and oxygen atoms in total. The molecule has 0 unspecified atom stereocenters. The fourth-order valence-corrected chi connectivity index (χ4v) is 2.47. The molecule has 0 saturated heterocycles. The molecule has 1 heterocycles. The van der Waals surface area contributed by atoms with Crippen molar-refractivity contribution in [3.8, 4) is 5.75 Å². The van der Waals surface area contributed by atoms with E-state index in [1.54, 1.807) is 12.3 Å². The minimum atomic E-state index is 0.276. The standard InChI is InChI=1S/C12H7BrO2/c13-10-7-3-1-2-4-8(7)11(14)9-5-6-15-12(9)10/h1-6,14H. The lowest BCUT2D eigenvalue weighted by molar-refractivity contribution is 0.487. The van der Waals surface area contributed by atoms with Crippen LogP contribution >= 0.6 is 15.9 Å². The van der Waals surface area contributed by atoms with Crippen molar-refractivity contribution in [2.24, 2.45) is 0 Å². The van der Waals surface area contributed by atoms with Crippen molar-refractivity contribution in [3.63, 3.8) is 0 Å². The molecule has 2 aromatic carbocycles. The fourth-order valence-electron chi connectivity index (χ4n) is 1.81. The van der Waals surface area contributed by atoms with Crippen molar-refractivity contribution in [3.05, 3.63) is 41.1 Å². The Morgan fingerprint density at radius 2 is 1.73 bits per heavy atom. The first-order valence-electron chi connectivity index (χ1n) is 4.55. The van der Waals surface area contributed by atoms with E-state index in [9.17, 15) is 5.11 Å². The van der Waals surface area contributed by atoms with Crippen LogP contribution in [0.1, 0.15) is 0 Å². The molecule has 1 aromatic heterocycles. The summed E-state index contributed by atoms with van der Waals surface area (Å²) in [6.45, 7) is 0. The number of benzene rings is 2. The average Bonchev–Trinajstić information content (AvgIpc) is 2.75. The predicted molar refractivity (Wildman–Crippen MR) is 63.1 cm³/mol. The summed E-state index contributed by atoms with van der Waals surface area (Å²) in [7, 11) is 0. The number of rotatable bonds is 0. The van der Waals surface area contributed by atoms with Gasteiger partial charge in [0, 0.05) is 10.8 Å². The summed E-state index contributed by atoms with van der Waals surface area (Å²) in [5.74, 6) is 0.276. The molecule has 0 bridgehead atoms. The van der Waals surface area contributed by atoms with Crippen molar-refractivity contribution in [2.45, 2.75) is 0 Å². The molecular weight excluding hydrogens is 256 g/mol.